The molecule has 0 spiro atoms. The SMILES string of the molecule is CCC[C@@H](C)NC(=O)c1cc(-c2ccccc2)nn1-c1ccccc1. The van der Waals surface area contributed by atoms with Gasteiger partial charge in [0, 0.05) is 11.6 Å². The van der Waals surface area contributed by atoms with Crippen LogP contribution in [-0.4, -0.2) is 21.7 Å². The molecular weight excluding hydrogens is 310 g/mol. The van der Waals surface area contributed by atoms with Crippen molar-refractivity contribution in [2.75, 3.05) is 0 Å². The van der Waals surface area contributed by atoms with E-state index in [2.05, 4.69) is 17.3 Å². The zero-order chi connectivity index (χ0) is 17.6. The van der Waals surface area contributed by atoms with Crippen LogP contribution in [0.15, 0.2) is 66.7 Å². The maximum absolute atomic E-state index is 12.8. The topological polar surface area (TPSA) is 46.9 Å². The Morgan fingerprint density at radius 3 is 2.36 bits per heavy atom. The molecule has 128 valence electrons. The molecular formula is C21H23N3O. The van der Waals surface area contributed by atoms with Crippen LogP contribution in [0.4, 0.5) is 0 Å². The van der Waals surface area contributed by atoms with Gasteiger partial charge in [0.1, 0.15) is 5.69 Å². The van der Waals surface area contributed by atoms with Crippen molar-refractivity contribution < 1.29 is 4.79 Å². The van der Waals surface area contributed by atoms with E-state index < -0.39 is 0 Å². The van der Waals surface area contributed by atoms with E-state index in [4.69, 9.17) is 0 Å². The average molecular weight is 333 g/mol. The van der Waals surface area contributed by atoms with E-state index in [-0.39, 0.29) is 11.9 Å². The summed E-state index contributed by atoms with van der Waals surface area (Å²) in [5.41, 5.74) is 3.21. The Bertz CT molecular complexity index is 825. The second kappa shape index (κ2) is 7.79. The number of nitrogens with zero attached hydrogens (tertiary/aromatic N) is 2. The van der Waals surface area contributed by atoms with Crippen LogP contribution in [-0.2, 0) is 0 Å². The van der Waals surface area contributed by atoms with Gasteiger partial charge in [-0.25, -0.2) is 4.68 Å². The summed E-state index contributed by atoms with van der Waals surface area (Å²) in [5, 5.41) is 7.75. The van der Waals surface area contributed by atoms with Crippen molar-refractivity contribution in [3.05, 3.63) is 72.4 Å². The molecule has 0 fully saturated rings. The maximum Gasteiger partial charge on any atom is 0.270 e. The fourth-order valence-electron chi connectivity index (χ4n) is 2.86. The minimum Gasteiger partial charge on any atom is -0.348 e. The third-order valence-corrected chi connectivity index (χ3v) is 4.11. The molecule has 0 saturated heterocycles. The fraction of sp³-hybridized carbons (Fsp3) is 0.238. The molecule has 0 aliphatic rings. The number of para-hydroxylation sites is 1. The Labute approximate surface area is 148 Å². The minimum atomic E-state index is -0.0977. The summed E-state index contributed by atoms with van der Waals surface area (Å²) in [7, 11) is 0. The van der Waals surface area contributed by atoms with Crippen LogP contribution in [0.2, 0.25) is 0 Å². The average Bonchev–Trinajstić information content (AvgIpc) is 3.09. The highest BCUT2D eigenvalue weighted by atomic mass is 16.2. The maximum atomic E-state index is 12.8. The molecule has 4 heteroatoms. The van der Waals surface area contributed by atoms with E-state index in [1.54, 1.807) is 4.68 Å². The van der Waals surface area contributed by atoms with Gasteiger partial charge in [0.2, 0.25) is 0 Å². The van der Waals surface area contributed by atoms with Crippen LogP contribution in [0.3, 0.4) is 0 Å². The van der Waals surface area contributed by atoms with Crippen LogP contribution in [0, 0.1) is 0 Å². The van der Waals surface area contributed by atoms with Crippen LogP contribution in [0.5, 0.6) is 0 Å². The normalized spacial score (nSPS) is 11.9. The first kappa shape index (κ1) is 17.0. The zero-order valence-corrected chi connectivity index (χ0v) is 14.6. The molecule has 1 N–H and O–H groups in total. The summed E-state index contributed by atoms with van der Waals surface area (Å²) in [6.45, 7) is 4.15. The van der Waals surface area contributed by atoms with E-state index in [1.807, 2.05) is 73.7 Å². The molecule has 3 rings (SSSR count). The highest BCUT2D eigenvalue weighted by Crippen LogP contribution is 2.21. The molecule has 2 aromatic carbocycles. The second-order valence-corrected chi connectivity index (χ2v) is 6.19. The quantitative estimate of drug-likeness (QED) is 0.724. The van der Waals surface area contributed by atoms with Gasteiger partial charge in [-0.2, -0.15) is 5.10 Å². The highest BCUT2D eigenvalue weighted by molar-refractivity contribution is 5.94. The van der Waals surface area contributed by atoms with Crippen molar-refractivity contribution in [1.82, 2.24) is 15.1 Å². The van der Waals surface area contributed by atoms with Crippen LogP contribution >= 0.6 is 0 Å². The molecule has 3 aromatic rings. The van der Waals surface area contributed by atoms with Crippen LogP contribution < -0.4 is 5.32 Å². The molecule has 0 bridgehead atoms. The lowest BCUT2D eigenvalue weighted by Crippen LogP contribution is -2.33. The molecule has 0 unspecified atom stereocenters. The standard InChI is InChI=1S/C21H23N3O/c1-3-10-16(2)22-21(25)20-15-19(17-11-6-4-7-12-17)23-24(20)18-13-8-5-9-14-18/h4-9,11-16H,3,10H2,1-2H3,(H,22,25)/t16-/m1/s1. The largest absolute Gasteiger partial charge is 0.348 e. The van der Waals surface area contributed by atoms with E-state index >= 15 is 0 Å². The lowest BCUT2D eigenvalue weighted by atomic mass is 10.1. The molecule has 0 saturated carbocycles. The monoisotopic (exact) mass is 333 g/mol. The summed E-state index contributed by atoms with van der Waals surface area (Å²) in [5.74, 6) is -0.0977. The number of nitrogens with one attached hydrogen (secondary N) is 1. The van der Waals surface area contributed by atoms with Gasteiger partial charge in [0.05, 0.1) is 11.4 Å². The first-order chi connectivity index (χ1) is 12.2. The van der Waals surface area contributed by atoms with Crippen molar-refractivity contribution in [3.8, 4) is 16.9 Å². The van der Waals surface area contributed by atoms with Gasteiger partial charge in [-0.1, -0.05) is 61.9 Å². The van der Waals surface area contributed by atoms with Gasteiger partial charge in [-0.15, -0.1) is 0 Å². The smallest absolute Gasteiger partial charge is 0.270 e. The van der Waals surface area contributed by atoms with Crippen molar-refractivity contribution in [3.63, 3.8) is 0 Å². The first-order valence-corrected chi connectivity index (χ1v) is 8.71. The van der Waals surface area contributed by atoms with Crippen molar-refractivity contribution >= 4 is 5.91 Å². The fourth-order valence-corrected chi connectivity index (χ4v) is 2.86. The number of amides is 1. The summed E-state index contributed by atoms with van der Waals surface area (Å²) in [6.07, 6.45) is 1.99. The molecule has 1 atom stereocenters. The number of benzene rings is 2. The van der Waals surface area contributed by atoms with Gasteiger partial charge >= 0.3 is 0 Å². The van der Waals surface area contributed by atoms with Gasteiger partial charge in [-0.3, -0.25) is 4.79 Å². The summed E-state index contributed by atoms with van der Waals surface area (Å²) >= 11 is 0. The predicted molar refractivity (Wildman–Crippen MR) is 101 cm³/mol. The summed E-state index contributed by atoms with van der Waals surface area (Å²) in [4.78, 5) is 12.8. The molecule has 4 nitrogen and oxygen atoms in total. The number of carbonyl (C=O) groups is 1. The number of carbonyl (C=O) groups excluding carboxylic acids is 1. The highest BCUT2D eigenvalue weighted by Gasteiger charge is 2.18. The third kappa shape index (κ3) is 3.97. The molecule has 1 aromatic heterocycles. The van der Waals surface area contributed by atoms with Crippen LogP contribution in [0.1, 0.15) is 37.2 Å². The lowest BCUT2D eigenvalue weighted by molar-refractivity contribution is 0.0930. The molecule has 25 heavy (non-hydrogen) atoms. The minimum absolute atomic E-state index is 0.0977. The van der Waals surface area contributed by atoms with E-state index in [0.29, 0.717) is 5.69 Å². The molecule has 0 aliphatic carbocycles. The Morgan fingerprint density at radius 1 is 1.08 bits per heavy atom. The number of hydrogen-bond donors (Lipinski definition) is 1. The van der Waals surface area contributed by atoms with Gasteiger partial charge in [0.15, 0.2) is 0 Å². The van der Waals surface area contributed by atoms with E-state index in [9.17, 15) is 4.79 Å². The molecule has 0 aliphatic heterocycles. The Hall–Kier alpha value is -2.88. The summed E-state index contributed by atoms with van der Waals surface area (Å²) < 4.78 is 1.72. The van der Waals surface area contributed by atoms with E-state index in [0.717, 1.165) is 29.8 Å². The lowest BCUT2D eigenvalue weighted by Gasteiger charge is -2.13. The Morgan fingerprint density at radius 2 is 1.72 bits per heavy atom. The van der Waals surface area contributed by atoms with Gasteiger partial charge in [0.25, 0.3) is 5.91 Å². The predicted octanol–water partition coefficient (Wildman–Crippen LogP) is 4.46. The first-order valence-electron chi connectivity index (χ1n) is 8.71. The van der Waals surface area contributed by atoms with Crippen molar-refractivity contribution in [2.45, 2.75) is 32.7 Å². The Kier molecular flexibility index (Phi) is 5.29. The van der Waals surface area contributed by atoms with Gasteiger partial charge in [-0.05, 0) is 31.5 Å². The zero-order valence-electron chi connectivity index (χ0n) is 14.6. The molecule has 1 heterocycles. The molecule has 1 amide bonds. The van der Waals surface area contributed by atoms with Gasteiger partial charge < -0.3 is 5.32 Å². The van der Waals surface area contributed by atoms with Crippen molar-refractivity contribution in [2.24, 2.45) is 0 Å². The Balaban J connectivity index is 2.00. The van der Waals surface area contributed by atoms with Crippen molar-refractivity contribution in [1.29, 1.82) is 0 Å². The second-order valence-electron chi connectivity index (χ2n) is 6.19. The number of aromatic nitrogens is 2. The van der Waals surface area contributed by atoms with E-state index in [1.165, 1.54) is 0 Å². The number of hydrogen-bond acceptors (Lipinski definition) is 2. The number of rotatable bonds is 6. The molecule has 0 radical (unpaired) electrons. The summed E-state index contributed by atoms with van der Waals surface area (Å²) in [6, 6.07) is 21.7. The third-order valence-electron chi connectivity index (χ3n) is 4.11. The van der Waals surface area contributed by atoms with Crippen LogP contribution in [0.25, 0.3) is 16.9 Å².